The lowest BCUT2D eigenvalue weighted by Gasteiger charge is -2.30. The first-order chi connectivity index (χ1) is 14.6. The fourth-order valence-corrected chi connectivity index (χ4v) is 3.40. The van der Waals surface area contributed by atoms with E-state index in [0.29, 0.717) is 23.8 Å². The molecule has 1 amide bonds. The maximum Gasteiger partial charge on any atom is 0.244 e. The zero-order valence-corrected chi connectivity index (χ0v) is 18.5. The van der Waals surface area contributed by atoms with Crippen LogP contribution in [0.2, 0.25) is 0 Å². The maximum atomic E-state index is 12.5. The molecule has 1 unspecified atom stereocenters. The van der Waals surface area contributed by atoms with Crippen molar-refractivity contribution in [1.82, 2.24) is 10.2 Å². The topological polar surface area (TPSA) is 60.0 Å². The van der Waals surface area contributed by atoms with Crippen LogP contribution in [-0.4, -0.2) is 51.8 Å². The van der Waals surface area contributed by atoms with Crippen LogP contribution in [0.15, 0.2) is 48.5 Å². The summed E-state index contributed by atoms with van der Waals surface area (Å²) in [5, 5.41) is 3.03. The summed E-state index contributed by atoms with van der Waals surface area (Å²) in [6.45, 7) is 6.60. The number of hydrogen-bond donors (Lipinski definition) is 1. The minimum atomic E-state index is -0.167. The molecule has 30 heavy (non-hydrogen) atoms. The number of methoxy groups -OCH3 is 3. The molecular weight excluding hydrogens is 380 g/mol. The van der Waals surface area contributed by atoms with Gasteiger partial charge < -0.3 is 19.5 Å². The first-order valence-electron chi connectivity index (χ1n) is 10.1. The Morgan fingerprint density at radius 1 is 0.967 bits per heavy atom. The largest absolute Gasteiger partial charge is 0.496 e. The molecule has 2 aromatic rings. The van der Waals surface area contributed by atoms with E-state index in [2.05, 4.69) is 36.2 Å². The Morgan fingerprint density at radius 2 is 1.57 bits per heavy atom. The Labute approximate surface area is 179 Å². The van der Waals surface area contributed by atoms with Crippen LogP contribution in [0.5, 0.6) is 17.2 Å². The Balaban J connectivity index is 2.13. The van der Waals surface area contributed by atoms with Crippen molar-refractivity contribution in [1.29, 1.82) is 0 Å². The van der Waals surface area contributed by atoms with Crippen LogP contribution in [0.4, 0.5) is 0 Å². The number of nitrogens with zero attached hydrogens (tertiary/aromatic N) is 1. The van der Waals surface area contributed by atoms with Gasteiger partial charge in [-0.2, -0.15) is 0 Å². The molecule has 6 heteroatoms. The second-order valence-corrected chi connectivity index (χ2v) is 6.68. The van der Waals surface area contributed by atoms with Gasteiger partial charge in [-0.25, -0.2) is 0 Å². The Kier molecular flexibility index (Phi) is 9.22. The molecule has 0 saturated heterocycles. The van der Waals surface area contributed by atoms with Gasteiger partial charge in [0.15, 0.2) is 11.5 Å². The highest BCUT2D eigenvalue weighted by atomic mass is 16.5. The first-order valence-corrected chi connectivity index (χ1v) is 10.1. The molecule has 0 aromatic heterocycles. The van der Waals surface area contributed by atoms with Crippen molar-refractivity contribution in [3.05, 3.63) is 59.7 Å². The van der Waals surface area contributed by atoms with Crippen LogP contribution < -0.4 is 19.5 Å². The summed E-state index contributed by atoms with van der Waals surface area (Å²) in [5.41, 5.74) is 1.92. The van der Waals surface area contributed by atoms with E-state index in [1.807, 2.05) is 18.2 Å². The van der Waals surface area contributed by atoms with Crippen molar-refractivity contribution in [2.75, 3.05) is 41.0 Å². The monoisotopic (exact) mass is 412 g/mol. The molecule has 0 spiro atoms. The van der Waals surface area contributed by atoms with Crippen molar-refractivity contribution in [2.24, 2.45) is 0 Å². The molecule has 1 N–H and O–H groups in total. The lowest BCUT2D eigenvalue weighted by atomic mass is 10.1. The van der Waals surface area contributed by atoms with Crippen molar-refractivity contribution < 1.29 is 19.0 Å². The van der Waals surface area contributed by atoms with Gasteiger partial charge in [-0.3, -0.25) is 9.69 Å². The highest BCUT2D eigenvalue weighted by Gasteiger charge is 2.18. The lowest BCUT2D eigenvalue weighted by molar-refractivity contribution is -0.116. The van der Waals surface area contributed by atoms with E-state index in [0.717, 1.165) is 18.7 Å². The summed E-state index contributed by atoms with van der Waals surface area (Å²) < 4.78 is 16.0. The van der Waals surface area contributed by atoms with Gasteiger partial charge in [0.25, 0.3) is 0 Å². The maximum absolute atomic E-state index is 12.5. The summed E-state index contributed by atoms with van der Waals surface area (Å²) in [7, 11) is 4.72. The van der Waals surface area contributed by atoms with Crippen LogP contribution in [0.3, 0.4) is 0 Å². The average Bonchev–Trinajstić information content (AvgIpc) is 2.80. The number of amides is 1. The smallest absolute Gasteiger partial charge is 0.244 e. The third-order valence-corrected chi connectivity index (χ3v) is 5.06. The second-order valence-electron chi connectivity index (χ2n) is 6.68. The molecule has 2 rings (SSSR count). The van der Waals surface area contributed by atoms with E-state index < -0.39 is 0 Å². The van der Waals surface area contributed by atoms with Gasteiger partial charge in [0.2, 0.25) is 5.91 Å². The first kappa shape index (κ1) is 23.3. The van der Waals surface area contributed by atoms with Crippen molar-refractivity contribution >= 4 is 12.0 Å². The van der Waals surface area contributed by atoms with Gasteiger partial charge in [-0.1, -0.05) is 44.2 Å². The van der Waals surface area contributed by atoms with Crippen molar-refractivity contribution in [3.63, 3.8) is 0 Å². The van der Waals surface area contributed by atoms with Gasteiger partial charge in [-0.15, -0.1) is 0 Å². The van der Waals surface area contributed by atoms with Crippen LogP contribution in [0.1, 0.15) is 31.0 Å². The highest BCUT2D eigenvalue weighted by Crippen LogP contribution is 2.35. The number of hydrogen-bond acceptors (Lipinski definition) is 5. The molecule has 0 aliphatic rings. The third-order valence-electron chi connectivity index (χ3n) is 5.06. The van der Waals surface area contributed by atoms with Gasteiger partial charge >= 0.3 is 0 Å². The molecule has 0 bridgehead atoms. The number of likely N-dealkylation sites (N-methyl/N-ethyl adjacent to an activating group) is 1. The molecule has 2 aromatic carbocycles. The molecule has 0 aliphatic carbocycles. The van der Waals surface area contributed by atoms with Crippen LogP contribution >= 0.6 is 0 Å². The number of ether oxygens (including phenoxy) is 3. The standard InChI is InChI=1S/C24H32N2O4/c1-6-26(7-2)20(18-11-9-8-10-12-18)17-25-24(27)14-13-19-15-22(29-4)23(30-5)16-21(19)28-3/h8-16,20H,6-7,17H2,1-5H3,(H,25,27)/b14-13+. The zero-order valence-electron chi connectivity index (χ0n) is 18.5. The molecular formula is C24H32N2O4. The SMILES string of the molecule is CCN(CC)C(CNC(=O)/C=C/c1cc(OC)c(OC)cc1OC)c1ccccc1. The fraction of sp³-hybridized carbons (Fsp3) is 0.375. The summed E-state index contributed by atoms with van der Waals surface area (Å²) in [6, 6.07) is 13.9. The quantitative estimate of drug-likeness (QED) is 0.567. The summed E-state index contributed by atoms with van der Waals surface area (Å²) in [6.07, 6.45) is 3.22. The van der Waals surface area contributed by atoms with Crippen LogP contribution in [0, 0.1) is 0 Å². The molecule has 0 saturated carbocycles. The summed E-state index contributed by atoms with van der Waals surface area (Å²) in [5.74, 6) is 1.58. The Hall–Kier alpha value is -2.99. The van der Waals surface area contributed by atoms with Crippen LogP contribution in [0.25, 0.3) is 6.08 Å². The molecule has 0 heterocycles. The van der Waals surface area contributed by atoms with E-state index in [1.165, 1.54) is 11.6 Å². The normalized spacial score (nSPS) is 12.1. The summed E-state index contributed by atoms with van der Waals surface area (Å²) >= 11 is 0. The number of benzene rings is 2. The fourth-order valence-electron chi connectivity index (χ4n) is 3.40. The Bertz CT molecular complexity index is 833. The van der Waals surface area contributed by atoms with E-state index in [4.69, 9.17) is 14.2 Å². The zero-order chi connectivity index (χ0) is 21.9. The molecule has 1 atom stereocenters. The van der Waals surface area contributed by atoms with Gasteiger partial charge in [0.1, 0.15) is 5.75 Å². The van der Waals surface area contributed by atoms with E-state index in [9.17, 15) is 4.79 Å². The van der Waals surface area contributed by atoms with E-state index >= 15 is 0 Å². The predicted molar refractivity (Wildman–Crippen MR) is 120 cm³/mol. The molecule has 162 valence electrons. The van der Waals surface area contributed by atoms with Gasteiger partial charge in [0, 0.05) is 24.3 Å². The minimum Gasteiger partial charge on any atom is -0.496 e. The number of rotatable bonds is 11. The predicted octanol–water partition coefficient (Wildman–Crippen LogP) is 3.92. The number of carbonyl (C=O) groups excluding carboxylic acids is 1. The van der Waals surface area contributed by atoms with E-state index in [-0.39, 0.29) is 11.9 Å². The molecule has 0 fully saturated rings. The molecule has 0 aliphatic heterocycles. The molecule has 6 nitrogen and oxygen atoms in total. The van der Waals surface area contributed by atoms with Crippen molar-refractivity contribution in [2.45, 2.75) is 19.9 Å². The van der Waals surface area contributed by atoms with Crippen molar-refractivity contribution in [3.8, 4) is 17.2 Å². The highest BCUT2D eigenvalue weighted by molar-refractivity contribution is 5.92. The second kappa shape index (κ2) is 11.9. The lowest BCUT2D eigenvalue weighted by Crippen LogP contribution is -2.37. The number of carbonyl (C=O) groups is 1. The molecule has 0 radical (unpaired) electrons. The average molecular weight is 413 g/mol. The third kappa shape index (κ3) is 6.00. The number of nitrogens with one attached hydrogen (secondary N) is 1. The van der Waals surface area contributed by atoms with E-state index in [1.54, 1.807) is 39.5 Å². The van der Waals surface area contributed by atoms with Gasteiger partial charge in [-0.05, 0) is 30.8 Å². The van der Waals surface area contributed by atoms with Gasteiger partial charge in [0.05, 0.1) is 27.4 Å². The van der Waals surface area contributed by atoms with Crippen LogP contribution in [-0.2, 0) is 4.79 Å². The minimum absolute atomic E-state index is 0.120. The Morgan fingerprint density at radius 3 is 2.13 bits per heavy atom. The summed E-state index contributed by atoms with van der Waals surface area (Å²) in [4.78, 5) is 14.8.